The van der Waals surface area contributed by atoms with Crippen molar-refractivity contribution >= 4 is 0 Å². The SMILES string of the molecule is COC1(Cc2cnoc2C)CCNCC1. The first-order valence-electron chi connectivity index (χ1n) is 5.42. The molecule has 2 heterocycles. The van der Waals surface area contributed by atoms with Crippen molar-refractivity contribution in [2.24, 2.45) is 0 Å². The monoisotopic (exact) mass is 210 g/mol. The highest BCUT2D eigenvalue weighted by Gasteiger charge is 2.33. The quantitative estimate of drug-likeness (QED) is 0.816. The minimum absolute atomic E-state index is 0.0262. The average Bonchev–Trinajstić information content (AvgIpc) is 2.66. The van der Waals surface area contributed by atoms with Crippen LogP contribution in [0.15, 0.2) is 10.7 Å². The van der Waals surface area contributed by atoms with Crippen LogP contribution in [0.4, 0.5) is 0 Å². The van der Waals surface area contributed by atoms with E-state index in [1.807, 2.05) is 6.92 Å². The first-order valence-corrected chi connectivity index (χ1v) is 5.42. The first-order chi connectivity index (χ1) is 7.26. The molecule has 0 saturated carbocycles. The molecule has 1 fully saturated rings. The lowest BCUT2D eigenvalue weighted by Crippen LogP contribution is -2.45. The maximum atomic E-state index is 5.70. The number of nitrogens with zero attached hydrogens (tertiary/aromatic N) is 1. The molecule has 1 saturated heterocycles. The van der Waals surface area contributed by atoms with Crippen molar-refractivity contribution in [3.8, 4) is 0 Å². The van der Waals surface area contributed by atoms with Crippen molar-refractivity contribution < 1.29 is 9.26 Å². The normalized spacial score (nSPS) is 20.4. The Morgan fingerprint density at radius 3 is 2.80 bits per heavy atom. The van der Waals surface area contributed by atoms with Gasteiger partial charge in [0.15, 0.2) is 0 Å². The second-order valence-electron chi connectivity index (χ2n) is 4.22. The number of aromatic nitrogens is 1. The predicted molar refractivity (Wildman–Crippen MR) is 56.8 cm³/mol. The average molecular weight is 210 g/mol. The number of nitrogens with one attached hydrogen (secondary N) is 1. The van der Waals surface area contributed by atoms with E-state index in [0.29, 0.717) is 0 Å². The van der Waals surface area contributed by atoms with Crippen molar-refractivity contribution in [1.82, 2.24) is 10.5 Å². The zero-order chi connectivity index (χ0) is 10.7. The van der Waals surface area contributed by atoms with E-state index in [4.69, 9.17) is 9.26 Å². The van der Waals surface area contributed by atoms with Crippen LogP contribution in [0.2, 0.25) is 0 Å². The van der Waals surface area contributed by atoms with Gasteiger partial charge in [-0.1, -0.05) is 5.16 Å². The summed E-state index contributed by atoms with van der Waals surface area (Å²) < 4.78 is 10.8. The molecule has 0 spiro atoms. The van der Waals surface area contributed by atoms with Crippen LogP contribution in [-0.4, -0.2) is 31.0 Å². The van der Waals surface area contributed by atoms with Crippen LogP contribution in [-0.2, 0) is 11.2 Å². The van der Waals surface area contributed by atoms with Crippen LogP contribution in [0.25, 0.3) is 0 Å². The molecule has 2 rings (SSSR count). The van der Waals surface area contributed by atoms with Gasteiger partial charge in [-0.25, -0.2) is 0 Å². The Kier molecular flexibility index (Phi) is 3.07. The second kappa shape index (κ2) is 4.33. The van der Waals surface area contributed by atoms with Crippen LogP contribution in [0, 0.1) is 6.92 Å². The van der Waals surface area contributed by atoms with Gasteiger partial charge in [-0.3, -0.25) is 0 Å². The first kappa shape index (κ1) is 10.6. The number of hydrogen-bond acceptors (Lipinski definition) is 4. The van der Waals surface area contributed by atoms with Crippen molar-refractivity contribution in [1.29, 1.82) is 0 Å². The fourth-order valence-electron chi connectivity index (χ4n) is 2.17. The van der Waals surface area contributed by atoms with Gasteiger partial charge in [0.25, 0.3) is 0 Å². The molecule has 84 valence electrons. The summed E-state index contributed by atoms with van der Waals surface area (Å²) in [5.74, 6) is 0.907. The molecule has 0 amide bonds. The molecular formula is C11H18N2O2. The van der Waals surface area contributed by atoms with Gasteiger partial charge < -0.3 is 14.6 Å². The molecule has 1 N–H and O–H groups in total. The Morgan fingerprint density at radius 1 is 1.53 bits per heavy atom. The molecule has 0 atom stereocenters. The van der Waals surface area contributed by atoms with Crippen LogP contribution in [0.3, 0.4) is 0 Å². The third-order valence-electron chi connectivity index (χ3n) is 3.31. The third-order valence-corrected chi connectivity index (χ3v) is 3.31. The van der Waals surface area contributed by atoms with Crippen LogP contribution in [0.1, 0.15) is 24.2 Å². The van der Waals surface area contributed by atoms with Gasteiger partial charge in [0.05, 0.1) is 11.8 Å². The van der Waals surface area contributed by atoms with E-state index in [-0.39, 0.29) is 5.60 Å². The lowest BCUT2D eigenvalue weighted by atomic mass is 9.86. The van der Waals surface area contributed by atoms with Gasteiger partial charge in [0, 0.05) is 19.1 Å². The van der Waals surface area contributed by atoms with E-state index >= 15 is 0 Å². The molecule has 1 aromatic rings. The maximum Gasteiger partial charge on any atom is 0.136 e. The van der Waals surface area contributed by atoms with Gasteiger partial charge in [0.1, 0.15) is 5.76 Å². The highest BCUT2D eigenvalue weighted by atomic mass is 16.5. The second-order valence-corrected chi connectivity index (χ2v) is 4.22. The topological polar surface area (TPSA) is 47.3 Å². The van der Waals surface area contributed by atoms with E-state index < -0.39 is 0 Å². The summed E-state index contributed by atoms with van der Waals surface area (Å²) in [4.78, 5) is 0. The largest absolute Gasteiger partial charge is 0.378 e. The number of aryl methyl sites for hydroxylation is 1. The molecule has 4 heteroatoms. The lowest BCUT2D eigenvalue weighted by molar-refractivity contribution is -0.0335. The summed E-state index contributed by atoms with van der Waals surface area (Å²) in [7, 11) is 1.80. The molecule has 0 aliphatic carbocycles. The molecular weight excluding hydrogens is 192 g/mol. The number of ether oxygens (including phenoxy) is 1. The molecule has 0 bridgehead atoms. The maximum absolute atomic E-state index is 5.70. The van der Waals surface area contributed by atoms with Gasteiger partial charge in [-0.15, -0.1) is 0 Å². The molecule has 1 aliphatic heterocycles. The van der Waals surface area contributed by atoms with E-state index in [0.717, 1.165) is 38.1 Å². The minimum atomic E-state index is -0.0262. The van der Waals surface area contributed by atoms with E-state index in [9.17, 15) is 0 Å². The number of hydrogen-bond donors (Lipinski definition) is 1. The van der Waals surface area contributed by atoms with Gasteiger partial charge in [-0.2, -0.15) is 0 Å². The Labute approximate surface area is 90.0 Å². The van der Waals surface area contributed by atoms with E-state index in [1.165, 1.54) is 5.56 Å². The Balaban J connectivity index is 2.10. The van der Waals surface area contributed by atoms with E-state index in [2.05, 4.69) is 10.5 Å². The third kappa shape index (κ3) is 2.21. The molecule has 1 aliphatic rings. The summed E-state index contributed by atoms with van der Waals surface area (Å²) in [5, 5.41) is 7.16. The van der Waals surface area contributed by atoms with Gasteiger partial charge >= 0.3 is 0 Å². The molecule has 15 heavy (non-hydrogen) atoms. The fourth-order valence-corrected chi connectivity index (χ4v) is 2.17. The highest BCUT2D eigenvalue weighted by Crippen LogP contribution is 2.28. The Morgan fingerprint density at radius 2 is 2.27 bits per heavy atom. The number of rotatable bonds is 3. The van der Waals surface area contributed by atoms with Crippen molar-refractivity contribution in [3.05, 3.63) is 17.5 Å². The smallest absolute Gasteiger partial charge is 0.136 e. The fraction of sp³-hybridized carbons (Fsp3) is 0.727. The molecule has 0 unspecified atom stereocenters. The zero-order valence-electron chi connectivity index (χ0n) is 9.38. The number of piperidine rings is 1. The van der Waals surface area contributed by atoms with Crippen LogP contribution in [0.5, 0.6) is 0 Å². The van der Waals surface area contributed by atoms with Crippen molar-refractivity contribution in [2.45, 2.75) is 31.8 Å². The molecule has 4 nitrogen and oxygen atoms in total. The molecule has 0 radical (unpaired) electrons. The van der Waals surface area contributed by atoms with Crippen LogP contribution >= 0.6 is 0 Å². The zero-order valence-corrected chi connectivity index (χ0v) is 9.38. The Bertz CT molecular complexity index is 316. The predicted octanol–water partition coefficient (Wildman–Crippen LogP) is 1.29. The summed E-state index contributed by atoms with van der Waals surface area (Å²) in [5.41, 5.74) is 1.14. The lowest BCUT2D eigenvalue weighted by Gasteiger charge is -2.36. The minimum Gasteiger partial charge on any atom is -0.378 e. The standard InChI is InChI=1S/C11H18N2O2/c1-9-10(8-13-15-9)7-11(14-2)3-5-12-6-4-11/h8,12H,3-7H2,1-2H3. The van der Waals surface area contributed by atoms with Gasteiger partial charge in [-0.05, 0) is 32.9 Å². The summed E-state index contributed by atoms with van der Waals surface area (Å²) >= 11 is 0. The number of methoxy groups -OCH3 is 1. The highest BCUT2D eigenvalue weighted by molar-refractivity contribution is 5.15. The van der Waals surface area contributed by atoms with Crippen molar-refractivity contribution in [3.63, 3.8) is 0 Å². The van der Waals surface area contributed by atoms with Gasteiger partial charge in [0.2, 0.25) is 0 Å². The molecule has 0 aromatic carbocycles. The molecule has 1 aromatic heterocycles. The van der Waals surface area contributed by atoms with Crippen molar-refractivity contribution in [2.75, 3.05) is 20.2 Å². The summed E-state index contributed by atoms with van der Waals surface area (Å²) in [6.07, 6.45) is 4.81. The summed E-state index contributed by atoms with van der Waals surface area (Å²) in [6.45, 7) is 4.00. The summed E-state index contributed by atoms with van der Waals surface area (Å²) in [6, 6.07) is 0. The Hall–Kier alpha value is -0.870. The van der Waals surface area contributed by atoms with E-state index in [1.54, 1.807) is 13.3 Å². The van der Waals surface area contributed by atoms with Crippen LogP contribution < -0.4 is 5.32 Å².